The van der Waals surface area contributed by atoms with Crippen molar-refractivity contribution in [1.29, 1.82) is 0 Å². The zero-order chi connectivity index (χ0) is 21.2. The Morgan fingerprint density at radius 3 is 2.72 bits per heavy atom. The van der Waals surface area contributed by atoms with Gasteiger partial charge in [0.15, 0.2) is 0 Å². The van der Waals surface area contributed by atoms with Crippen LogP contribution in [0.3, 0.4) is 0 Å². The molecule has 0 saturated carbocycles. The fourth-order valence-electron chi connectivity index (χ4n) is 3.05. The van der Waals surface area contributed by atoms with Crippen LogP contribution in [0.1, 0.15) is 21.6 Å². The van der Waals surface area contributed by atoms with E-state index >= 15 is 0 Å². The molecule has 0 aliphatic carbocycles. The lowest BCUT2D eigenvalue weighted by Crippen LogP contribution is -2.26. The molecule has 0 bridgehead atoms. The Bertz CT molecular complexity index is 1030. The molecule has 1 heterocycles. The summed E-state index contributed by atoms with van der Waals surface area (Å²) < 4.78 is 41.4. The van der Waals surface area contributed by atoms with E-state index < -0.39 is 12.3 Å². The van der Waals surface area contributed by atoms with Gasteiger partial charge in [0.25, 0.3) is 5.91 Å². The third-order valence-electron chi connectivity index (χ3n) is 4.31. The molecule has 0 atom stereocenters. The number of rotatable bonds is 6. The maximum atomic E-state index is 12.5. The van der Waals surface area contributed by atoms with E-state index in [9.17, 15) is 23.2 Å². The zero-order valence-electron chi connectivity index (χ0n) is 15.2. The van der Waals surface area contributed by atoms with Crippen molar-refractivity contribution < 1.29 is 27.9 Å². The number of carbonyl (C=O) groups excluding carboxylic acids is 1. The summed E-state index contributed by atoms with van der Waals surface area (Å²) in [5.74, 6) is -0.774. The number of nitrogens with one attached hydrogen (secondary N) is 2. The molecular weight excluding hydrogens is 391 g/mol. The highest BCUT2D eigenvalue weighted by Gasteiger charge is 2.31. The van der Waals surface area contributed by atoms with Crippen LogP contribution in [0.5, 0.6) is 5.75 Å². The number of aromatic nitrogens is 1. The Kier molecular flexibility index (Phi) is 5.66. The third kappa shape index (κ3) is 4.98. The number of halogens is 3. The van der Waals surface area contributed by atoms with Crippen LogP contribution in [0.15, 0.2) is 42.5 Å². The third-order valence-corrected chi connectivity index (χ3v) is 4.31. The van der Waals surface area contributed by atoms with Crippen molar-refractivity contribution >= 4 is 22.5 Å². The van der Waals surface area contributed by atoms with Crippen LogP contribution in [0.25, 0.3) is 10.9 Å². The summed E-state index contributed by atoms with van der Waals surface area (Å²) in [7, 11) is 0. The van der Waals surface area contributed by atoms with E-state index in [0.29, 0.717) is 17.3 Å². The maximum Gasteiger partial charge on any atom is 0.573 e. The van der Waals surface area contributed by atoms with Crippen molar-refractivity contribution in [3.05, 3.63) is 64.5 Å². The van der Waals surface area contributed by atoms with Gasteiger partial charge in [0.1, 0.15) is 5.75 Å². The molecule has 0 spiro atoms. The SMILES string of the molecule is Cc1[nH]c2ccc(OC(F)(F)F)cc2c1CCNC(=O)c1cccc(N([O-])O)c1. The minimum absolute atomic E-state index is 0.0812. The molecule has 3 rings (SSSR count). The normalized spacial score (nSPS) is 11.5. The predicted octanol–water partition coefficient (Wildman–Crippen LogP) is 4.04. The van der Waals surface area contributed by atoms with Crippen molar-refractivity contribution in [2.24, 2.45) is 0 Å². The molecular formula is C19H17F3N3O4-. The molecule has 7 nitrogen and oxygen atoms in total. The Labute approximate surface area is 163 Å². The van der Waals surface area contributed by atoms with E-state index in [1.54, 1.807) is 6.92 Å². The molecule has 0 fully saturated rings. The van der Waals surface area contributed by atoms with Gasteiger partial charge in [-0.05, 0) is 55.3 Å². The van der Waals surface area contributed by atoms with Crippen LogP contribution in [0.2, 0.25) is 0 Å². The topological polar surface area (TPSA) is 101 Å². The Morgan fingerprint density at radius 1 is 1.28 bits per heavy atom. The van der Waals surface area contributed by atoms with Crippen LogP contribution < -0.4 is 15.3 Å². The lowest BCUT2D eigenvalue weighted by atomic mass is 10.1. The van der Waals surface area contributed by atoms with Crippen LogP contribution in [-0.4, -0.2) is 29.0 Å². The molecule has 1 aromatic heterocycles. The predicted molar refractivity (Wildman–Crippen MR) is 99.8 cm³/mol. The fraction of sp³-hybridized carbons (Fsp3) is 0.211. The fourth-order valence-corrected chi connectivity index (χ4v) is 3.05. The van der Waals surface area contributed by atoms with Gasteiger partial charge < -0.3 is 25.5 Å². The summed E-state index contributed by atoms with van der Waals surface area (Å²) in [6.07, 6.45) is -4.42. The number of carbonyl (C=O) groups is 1. The molecule has 10 heteroatoms. The molecule has 0 saturated heterocycles. The summed E-state index contributed by atoms with van der Waals surface area (Å²) >= 11 is 0. The molecule has 0 unspecified atom stereocenters. The first-order valence-corrected chi connectivity index (χ1v) is 8.55. The number of hydrogen-bond donors (Lipinski definition) is 3. The van der Waals surface area contributed by atoms with Crippen molar-refractivity contribution in [3.63, 3.8) is 0 Å². The van der Waals surface area contributed by atoms with Gasteiger partial charge >= 0.3 is 6.36 Å². The van der Waals surface area contributed by atoms with Crippen LogP contribution >= 0.6 is 0 Å². The largest absolute Gasteiger partial charge is 0.733 e. The molecule has 3 N–H and O–H groups in total. The number of hydrogen-bond acceptors (Lipinski definition) is 5. The van der Waals surface area contributed by atoms with E-state index in [4.69, 9.17) is 5.21 Å². The average Bonchev–Trinajstić information content (AvgIpc) is 2.95. The quantitative estimate of drug-likeness (QED) is 0.535. The molecule has 0 radical (unpaired) electrons. The first-order chi connectivity index (χ1) is 13.6. The molecule has 0 aliphatic rings. The monoisotopic (exact) mass is 408 g/mol. The lowest BCUT2D eigenvalue weighted by molar-refractivity contribution is -0.274. The highest BCUT2D eigenvalue weighted by molar-refractivity contribution is 5.95. The number of fused-ring (bicyclic) bond motifs is 1. The van der Waals surface area contributed by atoms with Gasteiger partial charge in [0, 0.05) is 28.7 Å². The smallest absolute Gasteiger partial charge is 0.573 e. The summed E-state index contributed by atoms with van der Waals surface area (Å²) in [5, 5.41) is 22.8. The number of anilines is 1. The molecule has 154 valence electrons. The zero-order valence-corrected chi connectivity index (χ0v) is 15.2. The van der Waals surface area contributed by atoms with Crippen molar-refractivity contribution in [2.45, 2.75) is 19.7 Å². The van der Waals surface area contributed by atoms with Gasteiger partial charge in [-0.15, -0.1) is 13.2 Å². The molecule has 1 amide bonds. The Hall–Kier alpha value is -3.24. The molecule has 0 aliphatic heterocycles. The Balaban J connectivity index is 1.71. The second-order valence-corrected chi connectivity index (χ2v) is 6.31. The lowest BCUT2D eigenvalue weighted by Gasteiger charge is -2.21. The minimum atomic E-state index is -4.78. The van der Waals surface area contributed by atoms with E-state index in [1.165, 1.54) is 42.5 Å². The first-order valence-electron chi connectivity index (χ1n) is 8.55. The first kappa shape index (κ1) is 20.5. The van der Waals surface area contributed by atoms with E-state index in [-0.39, 0.29) is 28.8 Å². The van der Waals surface area contributed by atoms with Gasteiger partial charge in [0.05, 0.1) is 5.69 Å². The summed E-state index contributed by atoms with van der Waals surface area (Å²) in [5.41, 5.74) is 2.28. The van der Waals surface area contributed by atoms with Gasteiger partial charge in [-0.25, -0.2) is 0 Å². The maximum absolute atomic E-state index is 12.5. The average molecular weight is 408 g/mol. The number of nitrogens with zero attached hydrogens (tertiary/aromatic N) is 1. The van der Waals surface area contributed by atoms with Crippen molar-refractivity contribution in [2.75, 3.05) is 11.8 Å². The second-order valence-electron chi connectivity index (χ2n) is 6.31. The van der Waals surface area contributed by atoms with Crippen molar-refractivity contribution in [1.82, 2.24) is 10.3 Å². The van der Waals surface area contributed by atoms with E-state index in [2.05, 4.69) is 15.0 Å². The minimum Gasteiger partial charge on any atom is -0.733 e. The number of H-pyrrole nitrogens is 1. The number of benzene rings is 2. The van der Waals surface area contributed by atoms with Gasteiger partial charge in [0.2, 0.25) is 0 Å². The number of amides is 1. The van der Waals surface area contributed by atoms with Gasteiger partial charge in [-0.3, -0.25) is 10.0 Å². The standard InChI is InChI=1S/C19H17F3N3O4/c1-11-15(16-10-14(29-19(20,21)22)5-6-17(16)24-11)7-8-23-18(26)12-3-2-4-13(9-12)25(27)28/h2-6,9-10,24,27H,7-8H2,1H3,(H,23,26)/q-1. The van der Waals surface area contributed by atoms with Crippen LogP contribution in [0, 0.1) is 12.1 Å². The molecule has 2 aromatic carbocycles. The number of alkyl halides is 3. The Morgan fingerprint density at radius 2 is 2.03 bits per heavy atom. The van der Waals surface area contributed by atoms with Crippen molar-refractivity contribution in [3.8, 4) is 5.75 Å². The van der Waals surface area contributed by atoms with Crippen LogP contribution in [0.4, 0.5) is 18.9 Å². The number of aryl methyl sites for hydroxylation is 1. The summed E-state index contributed by atoms with van der Waals surface area (Å²) in [4.78, 5) is 15.3. The highest BCUT2D eigenvalue weighted by Crippen LogP contribution is 2.29. The highest BCUT2D eigenvalue weighted by atomic mass is 19.4. The summed E-state index contributed by atoms with van der Waals surface area (Å²) in [6, 6.07) is 9.56. The number of ether oxygens (including phenoxy) is 1. The van der Waals surface area contributed by atoms with E-state index in [1.807, 2.05) is 0 Å². The van der Waals surface area contributed by atoms with E-state index in [0.717, 1.165) is 11.3 Å². The summed E-state index contributed by atoms with van der Waals surface area (Å²) in [6.45, 7) is 2.00. The van der Waals surface area contributed by atoms with Gasteiger partial charge in [-0.1, -0.05) is 6.07 Å². The molecule has 29 heavy (non-hydrogen) atoms. The number of aromatic amines is 1. The van der Waals surface area contributed by atoms with Gasteiger partial charge in [-0.2, -0.15) is 0 Å². The molecule has 3 aromatic rings. The second kappa shape index (κ2) is 8.02. The van der Waals surface area contributed by atoms with Crippen LogP contribution in [-0.2, 0) is 6.42 Å².